The second-order valence-corrected chi connectivity index (χ2v) is 7.60. The van der Waals surface area contributed by atoms with Gasteiger partial charge in [-0.1, -0.05) is 0 Å². The summed E-state index contributed by atoms with van der Waals surface area (Å²) in [4.78, 5) is 23.6. The molecule has 0 aliphatic heterocycles. The topological polar surface area (TPSA) is 111 Å². The summed E-state index contributed by atoms with van der Waals surface area (Å²) >= 11 is 0. The summed E-state index contributed by atoms with van der Waals surface area (Å²) in [5.41, 5.74) is -6.78. The van der Waals surface area contributed by atoms with Crippen LogP contribution in [-0.2, 0) is 11.0 Å². The van der Waals surface area contributed by atoms with Gasteiger partial charge in [-0.05, 0) is 23.8 Å². The molecular formula is C19H14F5N5O2S. The summed E-state index contributed by atoms with van der Waals surface area (Å²) in [5, 5.41) is 7.67. The van der Waals surface area contributed by atoms with Gasteiger partial charge < -0.3 is 10.4 Å². The fourth-order valence-corrected chi connectivity index (χ4v) is 3.38. The van der Waals surface area contributed by atoms with Gasteiger partial charge in [-0.3, -0.25) is 14.5 Å². The van der Waals surface area contributed by atoms with Crippen molar-refractivity contribution in [1.29, 1.82) is 5.41 Å². The van der Waals surface area contributed by atoms with Gasteiger partial charge in [-0.2, -0.15) is 13.2 Å². The van der Waals surface area contributed by atoms with Gasteiger partial charge in [0.25, 0.3) is 0 Å². The number of halogens is 5. The fraction of sp³-hybridized carbons (Fsp3) is 0.158. The highest BCUT2D eigenvalue weighted by atomic mass is 32.2. The first kappa shape index (κ1) is 23.2. The summed E-state index contributed by atoms with van der Waals surface area (Å²) in [5.74, 6) is -4.67. The lowest BCUT2D eigenvalue weighted by atomic mass is 9.98. The van der Waals surface area contributed by atoms with Crippen molar-refractivity contribution < 1.29 is 31.0 Å². The second-order valence-electron chi connectivity index (χ2n) is 6.40. The number of rotatable bonds is 7. The molecule has 32 heavy (non-hydrogen) atoms. The highest BCUT2D eigenvalue weighted by Gasteiger charge is 2.38. The Bertz CT molecular complexity index is 1250. The molecule has 13 heteroatoms. The number of nitrogens with zero attached hydrogens (tertiary/aromatic N) is 2. The number of fused-ring (bicyclic) bond motifs is 1. The lowest BCUT2D eigenvalue weighted by Gasteiger charge is -2.12. The Kier molecular flexibility index (Phi) is 6.48. The highest BCUT2D eigenvalue weighted by Crippen LogP contribution is 2.30. The number of alkyl halides is 3. The molecule has 0 saturated carbocycles. The third kappa shape index (κ3) is 4.42. The van der Waals surface area contributed by atoms with E-state index in [-0.39, 0.29) is 16.6 Å². The predicted octanol–water partition coefficient (Wildman–Crippen LogP) is 4.10. The van der Waals surface area contributed by atoms with Crippen molar-refractivity contribution in [1.82, 2.24) is 9.97 Å². The van der Waals surface area contributed by atoms with Gasteiger partial charge in [0.15, 0.2) is 5.82 Å². The molecule has 3 N–H and O–H groups in total. The summed E-state index contributed by atoms with van der Waals surface area (Å²) in [7, 11) is -2.16. The Morgan fingerprint density at radius 1 is 1.34 bits per heavy atom. The normalized spacial score (nSPS) is 13.9. The molecule has 2 aromatic heterocycles. The van der Waals surface area contributed by atoms with Crippen LogP contribution in [0.15, 0.2) is 35.6 Å². The molecule has 0 saturated heterocycles. The molecule has 7 nitrogen and oxygen atoms in total. The number of aromatic amines is 1. The molecule has 0 aliphatic carbocycles. The van der Waals surface area contributed by atoms with E-state index in [0.29, 0.717) is 17.7 Å². The molecule has 0 spiro atoms. The van der Waals surface area contributed by atoms with Crippen LogP contribution < -0.4 is 4.72 Å². The van der Waals surface area contributed by atoms with Crippen molar-refractivity contribution in [2.24, 2.45) is 4.99 Å². The number of carbonyl (C=O) groups excluding carboxylic acids is 1. The van der Waals surface area contributed by atoms with E-state index in [1.807, 2.05) is 0 Å². The number of benzene rings is 1. The van der Waals surface area contributed by atoms with Crippen molar-refractivity contribution in [2.75, 3.05) is 11.8 Å². The summed E-state index contributed by atoms with van der Waals surface area (Å²) < 4.78 is 79.3. The SMILES string of the molecule is CN=CC(C=N)c1cnc2[nH]cc(C(=O)c3c(F)ccc(NS(=O)C(F)(F)F)c3F)c2c1. The lowest BCUT2D eigenvalue weighted by Crippen LogP contribution is -2.24. The minimum absolute atomic E-state index is 0.180. The maximum Gasteiger partial charge on any atom is 0.490 e. The number of aliphatic imine (C=N–C) groups is 1. The molecule has 168 valence electrons. The molecule has 0 amide bonds. The first-order chi connectivity index (χ1) is 15.1. The third-order valence-electron chi connectivity index (χ3n) is 4.40. The Labute approximate surface area is 179 Å². The van der Waals surface area contributed by atoms with Crippen LogP contribution in [0.3, 0.4) is 0 Å². The molecular weight excluding hydrogens is 457 g/mol. The summed E-state index contributed by atoms with van der Waals surface area (Å²) in [6.45, 7) is 0. The van der Waals surface area contributed by atoms with Crippen molar-refractivity contribution in [3.05, 3.63) is 58.9 Å². The van der Waals surface area contributed by atoms with Crippen LogP contribution in [0.4, 0.5) is 27.6 Å². The second kappa shape index (κ2) is 8.94. The van der Waals surface area contributed by atoms with Crippen LogP contribution >= 0.6 is 0 Å². The van der Waals surface area contributed by atoms with Gasteiger partial charge >= 0.3 is 5.51 Å². The zero-order valence-corrected chi connectivity index (χ0v) is 16.9. The largest absolute Gasteiger partial charge is 0.490 e. The minimum atomic E-state index is -5.20. The average molecular weight is 471 g/mol. The quantitative estimate of drug-likeness (QED) is 0.274. The van der Waals surface area contributed by atoms with Gasteiger partial charge in [0.05, 0.1) is 17.2 Å². The summed E-state index contributed by atoms with van der Waals surface area (Å²) in [6, 6.07) is 2.69. The molecule has 2 atom stereocenters. The van der Waals surface area contributed by atoms with Crippen LogP contribution in [0.25, 0.3) is 11.0 Å². The van der Waals surface area contributed by atoms with E-state index in [9.17, 15) is 31.0 Å². The third-order valence-corrected chi connectivity index (χ3v) is 5.23. The van der Waals surface area contributed by atoms with Crippen LogP contribution in [0.1, 0.15) is 27.4 Å². The van der Waals surface area contributed by atoms with Crippen LogP contribution in [0.5, 0.6) is 0 Å². The smallest absolute Gasteiger partial charge is 0.345 e. The molecule has 0 radical (unpaired) electrons. The number of ketones is 1. The molecule has 2 heterocycles. The maximum absolute atomic E-state index is 14.8. The number of nitrogens with one attached hydrogen (secondary N) is 3. The Morgan fingerprint density at radius 3 is 2.69 bits per heavy atom. The van der Waals surface area contributed by atoms with Crippen molar-refractivity contribution in [3.8, 4) is 0 Å². The van der Waals surface area contributed by atoms with E-state index in [0.717, 1.165) is 12.4 Å². The standard InChI is InChI=1S/C19H14F5N5O2S/c1-26-6-10(5-25)9-4-11-12(8-28-18(11)27-7-9)17(30)15-13(20)2-3-14(16(15)21)29-32(31)19(22,23)24/h2-8,10,25,29H,1H3,(H,27,28). The Balaban J connectivity index is 2.08. The maximum atomic E-state index is 14.8. The van der Waals surface area contributed by atoms with Crippen LogP contribution in [0.2, 0.25) is 0 Å². The Hall–Kier alpha value is -3.48. The zero-order chi connectivity index (χ0) is 23.6. The Morgan fingerprint density at radius 2 is 2.06 bits per heavy atom. The molecule has 2 unspecified atom stereocenters. The first-order valence-electron chi connectivity index (χ1n) is 8.76. The van der Waals surface area contributed by atoms with E-state index >= 15 is 0 Å². The van der Waals surface area contributed by atoms with Gasteiger partial charge in [0.1, 0.15) is 11.5 Å². The van der Waals surface area contributed by atoms with Gasteiger partial charge in [0, 0.05) is 42.8 Å². The monoisotopic (exact) mass is 471 g/mol. The summed E-state index contributed by atoms with van der Waals surface area (Å²) in [6.07, 6.45) is 5.13. The number of anilines is 1. The number of hydrogen-bond donors (Lipinski definition) is 3. The van der Waals surface area contributed by atoms with E-state index < -0.39 is 51.1 Å². The number of H-pyrrole nitrogens is 1. The van der Waals surface area contributed by atoms with Crippen molar-refractivity contribution in [3.63, 3.8) is 0 Å². The van der Waals surface area contributed by atoms with Gasteiger partial charge in [-0.25, -0.2) is 18.0 Å². The van der Waals surface area contributed by atoms with Gasteiger partial charge in [0.2, 0.25) is 16.8 Å². The number of aromatic nitrogens is 2. The molecule has 0 aliphatic rings. The van der Waals surface area contributed by atoms with Gasteiger partial charge in [-0.15, -0.1) is 0 Å². The van der Waals surface area contributed by atoms with Crippen LogP contribution in [-0.4, -0.2) is 44.9 Å². The highest BCUT2D eigenvalue weighted by molar-refractivity contribution is 7.87. The lowest BCUT2D eigenvalue weighted by molar-refractivity contribution is -0.0379. The van der Waals surface area contributed by atoms with E-state index in [2.05, 4.69) is 15.0 Å². The number of carbonyl (C=O) groups is 1. The molecule has 0 fully saturated rings. The zero-order valence-electron chi connectivity index (χ0n) is 16.1. The van der Waals surface area contributed by atoms with Crippen LogP contribution in [0, 0.1) is 17.0 Å². The molecule has 3 rings (SSSR count). The first-order valence-corrected chi connectivity index (χ1v) is 9.91. The van der Waals surface area contributed by atoms with E-state index in [1.54, 1.807) is 0 Å². The number of hydrogen-bond acceptors (Lipinski definition) is 5. The molecule has 0 bridgehead atoms. The van der Waals surface area contributed by atoms with E-state index in [1.165, 1.54) is 30.2 Å². The van der Waals surface area contributed by atoms with E-state index in [4.69, 9.17) is 5.41 Å². The van der Waals surface area contributed by atoms with Crippen molar-refractivity contribution in [2.45, 2.75) is 11.4 Å². The predicted molar refractivity (Wildman–Crippen MR) is 110 cm³/mol. The number of pyridine rings is 1. The molecule has 3 aromatic rings. The average Bonchev–Trinajstić information content (AvgIpc) is 3.16. The minimum Gasteiger partial charge on any atom is -0.345 e. The van der Waals surface area contributed by atoms with Crippen molar-refractivity contribution >= 4 is 45.9 Å². The molecule has 1 aromatic carbocycles. The fourth-order valence-electron chi connectivity index (χ4n) is 2.91.